The fraction of sp³-hybridized carbons (Fsp3) is 0.357. The molecule has 0 unspecified atom stereocenters. The molecule has 7 heteroatoms. The molecule has 1 aliphatic heterocycles. The van der Waals surface area contributed by atoms with Crippen LogP contribution in [0.15, 0.2) is 30.6 Å². The van der Waals surface area contributed by atoms with Crippen molar-refractivity contribution in [3.05, 3.63) is 35.6 Å². The molecule has 0 spiro atoms. The first-order valence-electron chi connectivity index (χ1n) is 6.75. The van der Waals surface area contributed by atoms with Gasteiger partial charge in [-0.1, -0.05) is 22.9 Å². The van der Waals surface area contributed by atoms with E-state index in [2.05, 4.69) is 10.3 Å². The highest BCUT2D eigenvalue weighted by Gasteiger charge is 2.28. The number of ether oxygens (including phenoxy) is 1. The van der Waals surface area contributed by atoms with Crippen molar-refractivity contribution in [3.63, 3.8) is 0 Å². The number of halogens is 1. The molecular weight excluding hydrogens is 292 g/mol. The van der Waals surface area contributed by atoms with Crippen LogP contribution in [-0.2, 0) is 11.3 Å². The standard InChI is InChI=1S/C14H15ClN4O2/c1-10-9-19(12-4-2-3-11(15)14(12)21-10)13(20)5-7-18-8-6-16-17-18/h2-4,6,8,10H,5,7,9H2,1H3/t10-/m1/s1. The second-order valence-corrected chi connectivity index (χ2v) is 5.34. The third-order valence-electron chi connectivity index (χ3n) is 3.32. The topological polar surface area (TPSA) is 60.2 Å². The van der Waals surface area contributed by atoms with Crippen LogP contribution >= 0.6 is 11.6 Å². The first kappa shape index (κ1) is 13.9. The molecule has 0 aliphatic carbocycles. The van der Waals surface area contributed by atoms with Gasteiger partial charge in [0.05, 0.1) is 30.0 Å². The van der Waals surface area contributed by atoms with Crippen LogP contribution in [0.3, 0.4) is 0 Å². The number of carbonyl (C=O) groups excluding carboxylic acids is 1. The van der Waals surface area contributed by atoms with Gasteiger partial charge in [-0.15, -0.1) is 5.10 Å². The smallest absolute Gasteiger partial charge is 0.229 e. The molecule has 0 saturated heterocycles. The van der Waals surface area contributed by atoms with Gasteiger partial charge in [-0.3, -0.25) is 9.48 Å². The Morgan fingerprint density at radius 3 is 3.14 bits per heavy atom. The Balaban J connectivity index is 1.79. The van der Waals surface area contributed by atoms with E-state index < -0.39 is 0 Å². The van der Waals surface area contributed by atoms with Gasteiger partial charge >= 0.3 is 0 Å². The lowest BCUT2D eigenvalue weighted by atomic mass is 10.2. The second-order valence-electron chi connectivity index (χ2n) is 4.94. The maximum Gasteiger partial charge on any atom is 0.229 e. The molecule has 21 heavy (non-hydrogen) atoms. The molecule has 1 atom stereocenters. The van der Waals surface area contributed by atoms with Crippen LogP contribution in [0, 0.1) is 0 Å². The average molecular weight is 307 g/mol. The summed E-state index contributed by atoms with van der Waals surface area (Å²) in [6, 6.07) is 5.43. The highest BCUT2D eigenvalue weighted by atomic mass is 35.5. The first-order valence-corrected chi connectivity index (χ1v) is 7.12. The number of carbonyl (C=O) groups is 1. The maximum absolute atomic E-state index is 12.5. The van der Waals surface area contributed by atoms with Crippen LogP contribution in [0.25, 0.3) is 0 Å². The Hall–Kier alpha value is -2.08. The molecule has 1 aliphatic rings. The molecule has 0 bridgehead atoms. The quantitative estimate of drug-likeness (QED) is 0.871. The van der Waals surface area contributed by atoms with E-state index >= 15 is 0 Å². The number of aryl methyl sites for hydroxylation is 1. The molecule has 2 aromatic rings. The predicted octanol–water partition coefficient (Wildman–Crippen LogP) is 2.14. The number of anilines is 1. The third-order valence-corrected chi connectivity index (χ3v) is 3.62. The van der Waals surface area contributed by atoms with Crippen LogP contribution < -0.4 is 9.64 Å². The molecule has 1 aromatic heterocycles. The van der Waals surface area contributed by atoms with E-state index in [-0.39, 0.29) is 12.0 Å². The molecular formula is C14H15ClN4O2. The number of hydrogen-bond donors (Lipinski definition) is 0. The monoisotopic (exact) mass is 306 g/mol. The lowest BCUT2D eigenvalue weighted by Crippen LogP contribution is -2.42. The zero-order chi connectivity index (χ0) is 14.8. The molecule has 1 aromatic carbocycles. The Morgan fingerprint density at radius 1 is 1.52 bits per heavy atom. The Labute approximate surface area is 127 Å². The molecule has 0 radical (unpaired) electrons. The number of amides is 1. The summed E-state index contributed by atoms with van der Waals surface area (Å²) < 4.78 is 7.38. The van der Waals surface area contributed by atoms with Crippen LogP contribution in [0.1, 0.15) is 13.3 Å². The van der Waals surface area contributed by atoms with Crippen molar-refractivity contribution < 1.29 is 9.53 Å². The van der Waals surface area contributed by atoms with E-state index in [0.29, 0.717) is 30.3 Å². The van der Waals surface area contributed by atoms with Gasteiger partial charge in [-0.25, -0.2) is 0 Å². The Morgan fingerprint density at radius 2 is 2.38 bits per heavy atom. The summed E-state index contributed by atoms with van der Waals surface area (Å²) in [6.07, 6.45) is 3.59. The fourth-order valence-corrected chi connectivity index (χ4v) is 2.57. The predicted molar refractivity (Wildman–Crippen MR) is 78.5 cm³/mol. The summed E-state index contributed by atoms with van der Waals surface area (Å²) in [5.41, 5.74) is 0.726. The van der Waals surface area contributed by atoms with E-state index in [9.17, 15) is 4.79 Å². The van der Waals surface area contributed by atoms with Gasteiger partial charge in [-0.2, -0.15) is 0 Å². The number of para-hydroxylation sites is 1. The number of hydrogen-bond acceptors (Lipinski definition) is 4. The van der Waals surface area contributed by atoms with Gasteiger partial charge in [0, 0.05) is 12.6 Å². The zero-order valence-corrected chi connectivity index (χ0v) is 12.3. The lowest BCUT2D eigenvalue weighted by molar-refractivity contribution is -0.119. The summed E-state index contributed by atoms with van der Waals surface area (Å²) >= 11 is 6.15. The third kappa shape index (κ3) is 2.85. The van der Waals surface area contributed by atoms with E-state index in [1.54, 1.807) is 28.0 Å². The molecule has 0 N–H and O–H groups in total. The van der Waals surface area contributed by atoms with Crippen molar-refractivity contribution in [3.8, 4) is 5.75 Å². The SMILES string of the molecule is C[C@@H]1CN(C(=O)CCn2ccnn2)c2cccc(Cl)c2O1. The number of nitrogens with zero attached hydrogens (tertiary/aromatic N) is 4. The average Bonchev–Trinajstić information content (AvgIpc) is 2.98. The van der Waals surface area contributed by atoms with Gasteiger partial charge in [0.25, 0.3) is 0 Å². The molecule has 2 heterocycles. The summed E-state index contributed by atoms with van der Waals surface area (Å²) in [4.78, 5) is 14.2. The molecule has 0 fully saturated rings. The lowest BCUT2D eigenvalue weighted by Gasteiger charge is -2.34. The first-order chi connectivity index (χ1) is 10.1. The minimum absolute atomic E-state index is 0.0177. The maximum atomic E-state index is 12.5. The van der Waals surface area contributed by atoms with Gasteiger partial charge in [0.1, 0.15) is 6.10 Å². The number of fused-ring (bicyclic) bond motifs is 1. The van der Waals surface area contributed by atoms with Gasteiger partial charge in [0.2, 0.25) is 5.91 Å². The van der Waals surface area contributed by atoms with Crippen LogP contribution in [-0.4, -0.2) is 33.5 Å². The van der Waals surface area contributed by atoms with Gasteiger partial charge < -0.3 is 9.64 Å². The van der Waals surface area contributed by atoms with E-state index in [4.69, 9.17) is 16.3 Å². The second kappa shape index (κ2) is 5.73. The zero-order valence-electron chi connectivity index (χ0n) is 11.6. The molecule has 110 valence electrons. The summed E-state index contributed by atoms with van der Waals surface area (Å²) in [5, 5.41) is 8.10. The van der Waals surface area contributed by atoms with Crippen LogP contribution in [0.2, 0.25) is 5.02 Å². The number of rotatable bonds is 3. The van der Waals surface area contributed by atoms with Gasteiger partial charge in [-0.05, 0) is 19.1 Å². The van der Waals surface area contributed by atoms with E-state index in [0.717, 1.165) is 5.69 Å². The van der Waals surface area contributed by atoms with E-state index in [1.807, 2.05) is 19.1 Å². The minimum Gasteiger partial charge on any atom is -0.485 e. The Bertz CT molecular complexity index is 644. The van der Waals surface area contributed by atoms with Crippen molar-refractivity contribution in [1.29, 1.82) is 0 Å². The fourth-order valence-electron chi connectivity index (χ4n) is 2.35. The normalized spacial score (nSPS) is 17.2. The van der Waals surface area contributed by atoms with Crippen LogP contribution in [0.5, 0.6) is 5.75 Å². The van der Waals surface area contributed by atoms with Crippen molar-refractivity contribution in [2.24, 2.45) is 0 Å². The summed E-state index contributed by atoms with van der Waals surface area (Å²) in [6.45, 7) is 2.94. The largest absolute Gasteiger partial charge is 0.485 e. The van der Waals surface area contributed by atoms with Crippen molar-refractivity contribution >= 4 is 23.2 Å². The van der Waals surface area contributed by atoms with Crippen molar-refractivity contribution in [1.82, 2.24) is 15.0 Å². The summed E-state index contributed by atoms with van der Waals surface area (Å²) in [5.74, 6) is 0.594. The van der Waals surface area contributed by atoms with Crippen molar-refractivity contribution in [2.75, 3.05) is 11.4 Å². The minimum atomic E-state index is -0.0901. The van der Waals surface area contributed by atoms with E-state index in [1.165, 1.54) is 0 Å². The number of aromatic nitrogens is 3. The molecule has 3 rings (SSSR count). The van der Waals surface area contributed by atoms with Gasteiger partial charge in [0.15, 0.2) is 5.75 Å². The highest BCUT2D eigenvalue weighted by Crippen LogP contribution is 2.39. The highest BCUT2D eigenvalue weighted by molar-refractivity contribution is 6.32. The molecule has 6 nitrogen and oxygen atoms in total. The van der Waals surface area contributed by atoms with Crippen LogP contribution in [0.4, 0.5) is 5.69 Å². The van der Waals surface area contributed by atoms with Crippen molar-refractivity contribution in [2.45, 2.75) is 26.0 Å². The number of benzene rings is 1. The Kier molecular flexibility index (Phi) is 3.79. The molecule has 1 amide bonds. The molecule has 0 saturated carbocycles. The summed E-state index contributed by atoms with van der Waals surface area (Å²) in [7, 11) is 0.